The van der Waals surface area contributed by atoms with E-state index in [9.17, 15) is 24.0 Å². The third kappa shape index (κ3) is 11.4. The van der Waals surface area contributed by atoms with Gasteiger partial charge in [-0.2, -0.15) is 0 Å². The molecule has 3 atom stereocenters. The number of nitrogens with two attached hydrogens (primary N) is 4. The highest BCUT2D eigenvalue weighted by atomic mass is 16.4. The van der Waals surface area contributed by atoms with E-state index in [1.807, 2.05) is 0 Å². The van der Waals surface area contributed by atoms with Crippen molar-refractivity contribution >= 4 is 35.6 Å². The van der Waals surface area contributed by atoms with Crippen molar-refractivity contribution < 1.29 is 29.1 Å². The van der Waals surface area contributed by atoms with Crippen molar-refractivity contribution in [2.75, 3.05) is 13.1 Å². The normalized spacial score (nSPS) is 13.3. The summed E-state index contributed by atoms with van der Waals surface area (Å²) in [5.41, 5.74) is 20.7. The van der Waals surface area contributed by atoms with E-state index in [0.29, 0.717) is 6.42 Å². The first-order valence-electron chi connectivity index (χ1n) is 9.14. The number of nitrogens with one attached hydrogen (secondary N) is 3. The molecule has 0 aliphatic rings. The van der Waals surface area contributed by atoms with Crippen LogP contribution >= 0.6 is 0 Å². The minimum atomic E-state index is -1.35. The molecule has 14 nitrogen and oxygen atoms in total. The van der Waals surface area contributed by atoms with Crippen molar-refractivity contribution in [3.05, 3.63) is 0 Å². The van der Waals surface area contributed by atoms with E-state index < -0.39 is 47.7 Å². The number of nitrogens with zero attached hydrogens (tertiary/aromatic N) is 1. The average Bonchev–Trinajstić information content (AvgIpc) is 2.66. The Kier molecular flexibility index (Phi) is 12.1. The number of hydrogen-bond donors (Lipinski definition) is 8. The molecule has 0 aliphatic carbocycles. The van der Waals surface area contributed by atoms with Crippen LogP contribution < -0.4 is 38.9 Å². The Hall–Kier alpha value is -3.42. The Morgan fingerprint density at radius 2 is 1.57 bits per heavy atom. The van der Waals surface area contributed by atoms with Gasteiger partial charge < -0.3 is 44.0 Å². The van der Waals surface area contributed by atoms with E-state index in [1.165, 1.54) is 6.92 Å². The van der Waals surface area contributed by atoms with Crippen molar-refractivity contribution in [3.8, 4) is 0 Å². The van der Waals surface area contributed by atoms with Crippen LogP contribution in [0.2, 0.25) is 0 Å². The first-order chi connectivity index (χ1) is 14.0. The van der Waals surface area contributed by atoms with E-state index in [4.69, 9.17) is 28.0 Å². The largest absolute Gasteiger partial charge is 0.480 e. The second-order valence-corrected chi connectivity index (χ2v) is 6.41. The molecule has 0 spiro atoms. The molecule has 4 amide bonds. The number of rotatable bonds is 14. The van der Waals surface area contributed by atoms with E-state index in [0.717, 1.165) is 0 Å². The topological polar surface area (TPSA) is 258 Å². The summed E-state index contributed by atoms with van der Waals surface area (Å²) in [6.07, 6.45) is 0.0900. The molecule has 0 heterocycles. The monoisotopic (exact) mass is 430 g/mol. The Labute approximate surface area is 173 Å². The fourth-order valence-electron chi connectivity index (χ4n) is 2.25. The Morgan fingerprint density at radius 3 is 2.07 bits per heavy atom. The summed E-state index contributed by atoms with van der Waals surface area (Å²) in [5, 5.41) is 16.2. The van der Waals surface area contributed by atoms with Gasteiger partial charge in [0.1, 0.15) is 18.1 Å². The summed E-state index contributed by atoms with van der Waals surface area (Å²) in [6.45, 7) is 1.22. The number of guanidine groups is 1. The quantitative estimate of drug-likeness (QED) is 0.0753. The summed E-state index contributed by atoms with van der Waals surface area (Å²) >= 11 is 0. The van der Waals surface area contributed by atoms with Crippen molar-refractivity contribution in [2.45, 2.75) is 50.7 Å². The number of carbonyl (C=O) groups is 5. The molecule has 0 aromatic rings. The van der Waals surface area contributed by atoms with E-state index in [1.54, 1.807) is 0 Å². The molecule has 0 aromatic carbocycles. The molecule has 3 unspecified atom stereocenters. The molecule has 170 valence electrons. The second kappa shape index (κ2) is 13.7. The van der Waals surface area contributed by atoms with Crippen LogP contribution in [-0.2, 0) is 24.0 Å². The van der Waals surface area contributed by atoms with Gasteiger partial charge in [-0.3, -0.25) is 24.2 Å². The minimum Gasteiger partial charge on any atom is -0.480 e. The predicted molar refractivity (Wildman–Crippen MR) is 106 cm³/mol. The molecule has 14 heteroatoms. The van der Waals surface area contributed by atoms with Crippen molar-refractivity contribution in [1.29, 1.82) is 0 Å². The summed E-state index contributed by atoms with van der Waals surface area (Å²) in [6, 6.07) is -3.48. The van der Waals surface area contributed by atoms with Gasteiger partial charge in [0.2, 0.25) is 23.6 Å². The molecule has 30 heavy (non-hydrogen) atoms. The van der Waals surface area contributed by atoms with Crippen molar-refractivity contribution in [3.63, 3.8) is 0 Å². The third-order valence-corrected chi connectivity index (χ3v) is 3.83. The molecule has 0 aliphatic heterocycles. The van der Waals surface area contributed by atoms with Gasteiger partial charge in [0.25, 0.3) is 0 Å². The maximum absolute atomic E-state index is 12.5. The SMILES string of the molecule is CC(NC(=O)C(CCCN=C(N)N)NC(=O)CN)C(=O)NC(CCC(N)=O)C(=O)O. The molecule has 0 fully saturated rings. The molecule has 0 aromatic heterocycles. The molecular formula is C16H30N8O6. The van der Waals surface area contributed by atoms with Gasteiger partial charge >= 0.3 is 5.97 Å². The van der Waals surface area contributed by atoms with Gasteiger partial charge in [-0.15, -0.1) is 0 Å². The van der Waals surface area contributed by atoms with Crippen LogP contribution in [0.5, 0.6) is 0 Å². The summed E-state index contributed by atoms with van der Waals surface area (Å²) < 4.78 is 0. The summed E-state index contributed by atoms with van der Waals surface area (Å²) in [4.78, 5) is 62.0. The van der Waals surface area contributed by atoms with Gasteiger partial charge in [-0.25, -0.2) is 4.79 Å². The maximum Gasteiger partial charge on any atom is 0.326 e. The second-order valence-electron chi connectivity index (χ2n) is 6.41. The molecule has 0 saturated carbocycles. The Bertz CT molecular complexity index is 664. The smallest absolute Gasteiger partial charge is 0.326 e. The minimum absolute atomic E-state index is 0.114. The zero-order chi connectivity index (χ0) is 23.3. The van der Waals surface area contributed by atoms with Crippen LogP contribution in [0, 0.1) is 0 Å². The number of aliphatic imine (C=N–C) groups is 1. The highest BCUT2D eigenvalue weighted by Gasteiger charge is 2.27. The molecule has 0 saturated heterocycles. The number of carbonyl (C=O) groups excluding carboxylic acids is 4. The fourth-order valence-corrected chi connectivity index (χ4v) is 2.25. The molecular weight excluding hydrogens is 400 g/mol. The van der Waals surface area contributed by atoms with Crippen LogP contribution in [0.4, 0.5) is 0 Å². The number of carboxylic acid groups (broad SMARTS) is 1. The molecule has 12 N–H and O–H groups in total. The van der Waals surface area contributed by atoms with Crippen molar-refractivity contribution in [1.82, 2.24) is 16.0 Å². The van der Waals surface area contributed by atoms with Crippen LogP contribution in [0.1, 0.15) is 32.6 Å². The average molecular weight is 430 g/mol. The first kappa shape index (κ1) is 26.6. The lowest BCUT2D eigenvalue weighted by Gasteiger charge is -2.22. The number of hydrogen-bond acceptors (Lipinski definition) is 7. The van der Waals surface area contributed by atoms with Gasteiger partial charge in [0, 0.05) is 13.0 Å². The zero-order valence-electron chi connectivity index (χ0n) is 16.7. The Balaban J connectivity index is 4.93. The first-order valence-corrected chi connectivity index (χ1v) is 9.14. The third-order valence-electron chi connectivity index (χ3n) is 3.83. The number of carboxylic acids is 1. The van der Waals surface area contributed by atoms with E-state index in [-0.39, 0.29) is 38.3 Å². The van der Waals surface area contributed by atoms with Crippen LogP contribution in [-0.4, -0.2) is 71.9 Å². The highest BCUT2D eigenvalue weighted by Crippen LogP contribution is 2.01. The number of aliphatic carboxylic acids is 1. The lowest BCUT2D eigenvalue weighted by atomic mass is 10.1. The molecule has 0 bridgehead atoms. The Morgan fingerprint density at radius 1 is 0.933 bits per heavy atom. The van der Waals surface area contributed by atoms with Crippen LogP contribution in [0.25, 0.3) is 0 Å². The fraction of sp³-hybridized carbons (Fsp3) is 0.625. The van der Waals surface area contributed by atoms with Gasteiger partial charge in [-0.1, -0.05) is 0 Å². The van der Waals surface area contributed by atoms with Gasteiger partial charge in [-0.05, 0) is 26.2 Å². The van der Waals surface area contributed by atoms with Gasteiger partial charge in [0.15, 0.2) is 5.96 Å². The summed E-state index contributed by atoms with van der Waals surface area (Å²) in [7, 11) is 0. The lowest BCUT2D eigenvalue weighted by molar-refractivity contribution is -0.142. The zero-order valence-corrected chi connectivity index (χ0v) is 16.7. The highest BCUT2D eigenvalue weighted by molar-refractivity contribution is 5.93. The van der Waals surface area contributed by atoms with E-state index >= 15 is 0 Å². The maximum atomic E-state index is 12.5. The van der Waals surface area contributed by atoms with Crippen molar-refractivity contribution in [2.24, 2.45) is 27.9 Å². The molecule has 0 radical (unpaired) electrons. The number of primary amides is 1. The summed E-state index contributed by atoms with van der Waals surface area (Å²) in [5.74, 6) is -4.21. The number of amides is 4. The predicted octanol–water partition coefficient (Wildman–Crippen LogP) is -4.18. The van der Waals surface area contributed by atoms with Crippen LogP contribution in [0.3, 0.4) is 0 Å². The standard InChI is InChI=1S/C16H30N8O6/c1-8(13(27)24-10(15(29)30)4-5-11(18)25)22-14(28)9(23-12(26)7-17)3-2-6-21-16(19)20/h8-10H,2-7,17H2,1H3,(H2,18,25)(H,22,28)(H,23,26)(H,24,27)(H,29,30)(H4,19,20,21). The van der Waals surface area contributed by atoms with Gasteiger partial charge in [0.05, 0.1) is 6.54 Å². The van der Waals surface area contributed by atoms with Crippen LogP contribution in [0.15, 0.2) is 4.99 Å². The molecule has 0 rings (SSSR count). The lowest BCUT2D eigenvalue weighted by Crippen LogP contribution is -2.55. The van der Waals surface area contributed by atoms with E-state index in [2.05, 4.69) is 20.9 Å².